The van der Waals surface area contributed by atoms with E-state index in [2.05, 4.69) is 24.1 Å². The Morgan fingerprint density at radius 2 is 1.71 bits per heavy atom. The Kier molecular flexibility index (Phi) is 10.2. The first kappa shape index (κ1) is 20.6. The Morgan fingerprint density at radius 3 is 2.29 bits per heavy atom. The molecular formula is C16H27Cl2FN2. The fourth-order valence-electron chi connectivity index (χ4n) is 2.77. The van der Waals surface area contributed by atoms with Crippen LogP contribution in [0.3, 0.4) is 0 Å². The van der Waals surface area contributed by atoms with Crippen LogP contribution in [0.1, 0.15) is 38.3 Å². The number of halogens is 3. The van der Waals surface area contributed by atoms with Gasteiger partial charge in [-0.2, -0.15) is 0 Å². The molecule has 1 heterocycles. The molecule has 1 aliphatic rings. The minimum atomic E-state index is -0.0604. The lowest BCUT2D eigenvalue weighted by Gasteiger charge is -2.35. The average molecular weight is 337 g/mol. The Balaban J connectivity index is 0.00000200. The molecule has 0 amide bonds. The molecule has 1 aromatic rings. The van der Waals surface area contributed by atoms with Crippen molar-refractivity contribution in [1.29, 1.82) is 0 Å². The fourth-order valence-corrected chi connectivity index (χ4v) is 2.77. The van der Waals surface area contributed by atoms with Gasteiger partial charge in [0.25, 0.3) is 0 Å². The van der Waals surface area contributed by atoms with Crippen LogP contribution in [0.25, 0.3) is 0 Å². The van der Waals surface area contributed by atoms with Crippen LogP contribution in [-0.4, -0.2) is 31.1 Å². The summed E-state index contributed by atoms with van der Waals surface area (Å²) < 4.78 is 14.1. The first-order valence-corrected chi connectivity index (χ1v) is 7.37. The minimum Gasteiger partial charge on any atom is -0.314 e. The molecule has 5 heteroatoms. The van der Waals surface area contributed by atoms with Gasteiger partial charge in [-0.25, -0.2) is 4.39 Å². The molecule has 0 aliphatic carbocycles. The number of piperazine rings is 1. The highest BCUT2D eigenvalue weighted by molar-refractivity contribution is 5.85. The van der Waals surface area contributed by atoms with E-state index in [1.54, 1.807) is 12.1 Å². The van der Waals surface area contributed by atoms with Crippen molar-refractivity contribution >= 4 is 24.8 Å². The van der Waals surface area contributed by atoms with Gasteiger partial charge in [0.2, 0.25) is 0 Å². The van der Waals surface area contributed by atoms with Crippen LogP contribution in [0, 0.1) is 11.7 Å². The number of hydrogen-bond acceptors (Lipinski definition) is 2. The molecule has 0 aromatic heterocycles. The van der Waals surface area contributed by atoms with Crippen molar-refractivity contribution in [2.75, 3.05) is 26.2 Å². The van der Waals surface area contributed by atoms with E-state index < -0.39 is 0 Å². The van der Waals surface area contributed by atoms with Gasteiger partial charge in [-0.1, -0.05) is 32.0 Å². The lowest BCUT2D eigenvalue weighted by atomic mass is 9.95. The zero-order valence-corrected chi connectivity index (χ0v) is 14.5. The lowest BCUT2D eigenvalue weighted by Crippen LogP contribution is -2.45. The average Bonchev–Trinajstić information content (AvgIpc) is 2.42. The summed E-state index contributed by atoms with van der Waals surface area (Å²) in [6, 6.07) is 7.48. The van der Waals surface area contributed by atoms with Gasteiger partial charge >= 0.3 is 0 Å². The summed E-state index contributed by atoms with van der Waals surface area (Å²) in [5.74, 6) is 0.604. The van der Waals surface area contributed by atoms with E-state index in [1.165, 1.54) is 0 Å². The van der Waals surface area contributed by atoms with E-state index in [0.717, 1.165) is 44.6 Å². The zero-order chi connectivity index (χ0) is 13.7. The van der Waals surface area contributed by atoms with Gasteiger partial charge in [0.15, 0.2) is 0 Å². The molecule has 122 valence electrons. The Morgan fingerprint density at radius 1 is 1.10 bits per heavy atom. The molecule has 0 radical (unpaired) electrons. The predicted octanol–water partition coefficient (Wildman–Crippen LogP) is 4.05. The highest BCUT2D eigenvalue weighted by Crippen LogP contribution is 2.29. The summed E-state index contributed by atoms with van der Waals surface area (Å²) >= 11 is 0. The van der Waals surface area contributed by atoms with Crippen molar-refractivity contribution in [1.82, 2.24) is 10.2 Å². The van der Waals surface area contributed by atoms with Gasteiger partial charge in [0.1, 0.15) is 5.82 Å². The monoisotopic (exact) mass is 336 g/mol. The SMILES string of the molecule is CC(C)CC[C@H](c1ccccc1F)N1CCNCC1.Cl.Cl. The van der Waals surface area contributed by atoms with Crippen molar-refractivity contribution in [2.24, 2.45) is 5.92 Å². The van der Waals surface area contributed by atoms with E-state index in [0.29, 0.717) is 5.92 Å². The zero-order valence-electron chi connectivity index (χ0n) is 12.8. The van der Waals surface area contributed by atoms with Crippen LogP contribution in [0.15, 0.2) is 24.3 Å². The summed E-state index contributed by atoms with van der Waals surface area (Å²) in [4.78, 5) is 2.43. The van der Waals surface area contributed by atoms with Crippen LogP contribution in [-0.2, 0) is 0 Å². The Hall–Kier alpha value is -0.350. The van der Waals surface area contributed by atoms with Gasteiger partial charge in [-0.05, 0) is 24.8 Å². The number of benzene rings is 1. The molecule has 21 heavy (non-hydrogen) atoms. The van der Waals surface area contributed by atoms with Crippen LogP contribution in [0.5, 0.6) is 0 Å². The van der Waals surface area contributed by atoms with E-state index >= 15 is 0 Å². The standard InChI is InChI=1S/C16H25FN2.2ClH/c1-13(2)7-8-16(19-11-9-18-10-12-19)14-5-3-4-6-15(14)17;;/h3-6,13,16,18H,7-12H2,1-2H3;2*1H/t16-;;/m1../s1. The summed E-state index contributed by atoms with van der Waals surface area (Å²) in [7, 11) is 0. The molecule has 1 N–H and O–H groups in total. The minimum absolute atomic E-state index is 0. The number of nitrogens with zero attached hydrogens (tertiary/aromatic N) is 1. The van der Waals surface area contributed by atoms with E-state index in [1.807, 2.05) is 12.1 Å². The highest BCUT2D eigenvalue weighted by atomic mass is 35.5. The Bertz CT molecular complexity index is 396. The van der Waals surface area contributed by atoms with Gasteiger partial charge in [-0.15, -0.1) is 24.8 Å². The van der Waals surface area contributed by atoms with E-state index in [9.17, 15) is 4.39 Å². The Labute approximate surface area is 140 Å². The van der Waals surface area contributed by atoms with Crippen molar-refractivity contribution in [3.63, 3.8) is 0 Å². The molecule has 0 saturated carbocycles. The third kappa shape index (κ3) is 6.11. The summed E-state index contributed by atoms with van der Waals surface area (Å²) in [5.41, 5.74) is 0.866. The van der Waals surface area contributed by atoms with Crippen molar-refractivity contribution in [3.8, 4) is 0 Å². The molecule has 1 saturated heterocycles. The second-order valence-electron chi connectivity index (χ2n) is 5.79. The number of nitrogens with one attached hydrogen (secondary N) is 1. The first-order chi connectivity index (χ1) is 9.18. The van der Waals surface area contributed by atoms with E-state index in [4.69, 9.17) is 0 Å². The molecular weight excluding hydrogens is 310 g/mol. The third-order valence-corrected chi connectivity index (χ3v) is 3.87. The molecule has 1 atom stereocenters. The van der Waals surface area contributed by atoms with Crippen LogP contribution < -0.4 is 5.32 Å². The number of rotatable bonds is 5. The normalized spacial score (nSPS) is 17.0. The van der Waals surface area contributed by atoms with Crippen LogP contribution >= 0.6 is 24.8 Å². The second kappa shape index (κ2) is 10.4. The molecule has 0 unspecified atom stereocenters. The summed E-state index contributed by atoms with van der Waals surface area (Å²) in [5, 5.41) is 3.37. The predicted molar refractivity (Wildman–Crippen MR) is 92.2 cm³/mol. The highest BCUT2D eigenvalue weighted by Gasteiger charge is 2.24. The molecule has 1 fully saturated rings. The maximum absolute atomic E-state index is 14.1. The van der Waals surface area contributed by atoms with Gasteiger partial charge < -0.3 is 5.32 Å². The maximum atomic E-state index is 14.1. The molecule has 2 nitrogen and oxygen atoms in total. The number of hydrogen-bond donors (Lipinski definition) is 1. The molecule has 1 aliphatic heterocycles. The first-order valence-electron chi connectivity index (χ1n) is 7.37. The van der Waals surface area contributed by atoms with Crippen LogP contribution in [0.2, 0.25) is 0 Å². The molecule has 0 spiro atoms. The molecule has 0 bridgehead atoms. The van der Waals surface area contributed by atoms with Crippen molar-refractivity contribution in [2.45, 2.75) is 32.7 Å². The maximum Gasteiger partial charge on any atom is 0.127 e. The summed E-state index contributed by atoms with van der Waals surface area (Å²) in [6.07, 6.45) is 2.18. The second-order valence-corrected chi connectivity index (χ2v) is 5.79. The largest absolute Gasteiger partial charge is 0.314 e. The topological polar surface area (TPSA) is 15.3 Å². The van der Waals surface area contributed by atoms with Gasteiger partial charge in [-0.3, -0.25) is 4.90 Å². The third-order valence-electron chi connectivity index (χ3n) is 3.87. The van der Waals surface area contributed by atoms with Crippen molar-refractivity contribution in [3.05, 3.63) is 35.6 Å². The van der Waals surface area contributed by atoms with Crippen molar-refractivity contribution < 1.29 is 4.39 Å². The van der Waals surface area contributed by atoms with Crippen LogP contribution in [0.4, 0.5) is 4.39 Å². The molecule has 2 rings (SSSR count). The lowest BCUT2D eigenvalue weighted by molar-refractivity contribution is 0.156. The fraction of sp³-hybridized carbons (Fsp3) is 0.625. The quantitative estimate of drug-likeness (QED) is 0.872. The summed E-state index contributed by atoms with van der Waals surface area (Å²) in [6.45, 7) is 8.50. The van der Waals surface area contributed by atoms with Gasteiger partial charge in [0, 0.05) is 37.8 Å². The van der Waals surface area contributed by atoms with Gasteiger partial charge in [0.05, 0.1) is 0 Å². The smallest absolute Gasteiger partial charge is 0.127 e. The molecule has 1 aromatic carbocycles. The van der Waals surface area contributed by atoms with E-state index in [-0.39, 0.29) is 36.7 Å².